The molecule has 4 aromatic carbocycles. The summed E-state index contributed by atoms with van der Waals surface area (Å²) in [6.07, 6.45) is 3.36. The van der Waals surface area contributed by atoms with Crippen LogP contribution in [0.4, 0.5) is 0 Å². The average Bonchev–Trinajstić information content (AvgIpc) is 2.85. The number of pyridine rings is 1. The van der Waals surface area contributed by atoms with E-state index in [0.29, 0.717) is 5.92 Å². The number of hydrogen-bond acceptors (Lipinski definition) is 1. The van der Waals surface area contributed by atoms with Gasteiger partial charge in [0.15, 0.2) is 0 Å². The van der Waals surface area contributed by atoms with Crippen LogP contribution in [0.2, 0.25) is 17.3 Å². The van der Waals surface area contributed by atoms with Gasteiger partial charge in [0.2, 0.25) is 0 Å². The topological polar surface area (TPSA) is 3.88 Å². The molecule has 0 bridgehead atoms. The van der Waals surface area contributed by atoms with Crippen LogP contribution in [0.15, 0.2) is 64.5 Å². The van der Waals surface area contributed by atoms with Gasteiger partial charge in [-0.3, -0.25) is 0 Å². The van der Waals surface area contributed by atoms with Crippen LogP contribution in [-0.2, 0) is 13.5 Å². The first-order chi connectivity index (χ1) is 18.3. The van der Waals surface area contributed by atoms with Crippen molar-refractivity contribution in [2.75, 3.05) is 0 Å². The summed E-state index contributed by atoms with van der Waals surface area (Å²) in [5, 5.41) is 8.56. The minimum absolute atomic E-state index is 0.193. The molecule has 200 valence electrons. The van der Waals surface area contributed by atoms with E-state index < -0.39 is 13.3 Å². The van der Waals surface area contributed by atoms with Gasteiger partial charge < -0.3 is 0 Å². The number of hydrogen-bond donors (Lipinski definition) is 0. The fourth-order valence-corrected chi connectivity index (χ4v) is 11.3. The van der Waals surface area contributed by atoms with Crippen LogP contribution in [0.3, 0.4) is 0 Å². The third-order valence-corrected chi connectivity index (χ3v) is 14.0. The summed E-state index contributed by atoms with van der Waals surface area (Å²) in [4.78, 5) is 2.89. The van der Waals surface area contributed by atoms with Gasteiger partial charge in [-0.2, -0.15) is 0 Å². The predicted molar refractivity (Wildman–Crippen MR) is 175 cm³/mol. The Morgan fingerprint density at radius 1 is 0.872 bits per heavy atom. The molecule has 3 heteroatoms. The molecular formula is C36H42GeNS+. The normalized spacial score (nSPS) is 13.6. The van der Waals surface area contributed by atoms with Crippen molar-refractivity contribution < 1.29 is 4.57 Å². The molecule has 0 atom stereocenters. The van der Waals surface area contributed by atoms with Crippen molar-refractivity contribution >= 4 is 61.7 Å². The van der Waals surface area contributed by atoms with E-state index >= 15 is 0 Å². The second-order valence-corrected chi connectivity index (χ2v) is 25.8. The monoisotopic (exact) mass is 594 g/mol. The molecule has 1 aliphatic rings. The van der Waals surface area contributed by atoms with Crippen molar-refractivity contribution in [2.24, 2.45) is 12.5 Å². The number of aryl methyl sites for hydroxylation is 2. The summed E-state index contributed by atoms with van der Waals surface area (Å²) in [6.45, 7) is 14.1. The van der Waals surface area contributed by atoms with Crippen LogP contribution in [0, 0.1) is 12.3 Å². The molecule has 1 aliphatic heterocycles. The first kappa shape index (κ1) is 26.9. The summed E-state index contributed by atoms with van der Waals surface area (Å²) >= 11 is -0.0430. The standard InChI is InChI=1S/C36H42GeNS/c1-21(2)23-14-15-25-27(18-23)22(3)32-34-33-26(16-17-38(34)10)24-12-11-13-30(37(7,8)9)28(24)19-31(33)39-35(32)29(25)20-36(4,5)6/h11-19,21H,20H2,1-10H3/q+1. The van der Waals surface area contributed by atoms with Gasteiger partial charge >= 0.3 is 229 Å². The van der Waals surface area contributed by atoms with Gasteiger partial charge in [-0.05, 0) is 0 Å². The predicted octanol–water partition coefficient (Wildman–Crippen LogP) is 9.67. The van der Waals surface area contributed by atoms with Gasteiger partial charge in [-0.1, -0.05) is 13.8 Å². The quantitative estimate of drug-likeness (QED) is 0.112. The van der Waals surface area contributed by atoms with Crippen LogP contribution in [0.1, 0.15) is 57.2 Å². The van der Waals surface area contributed by atoms with Crippen LogP contribution in [0.25, 0.3) is 43.6 Å². The molecule has 1 nitrogen and oxygen atoms in total. The van der Waals surface area contributed by atoms with Crippen molar-refractivity contribution in [3.63, 3.8) is 0 Å². The molecule has 39 heavy (non-hydrogen) atoms. The molecule has 0 fully saturated rings. The molecule has 1 aromatic heterocycles. The third kappa shape index (κ3) is 4.34. The Balaban J connectivity index is 1.80. The number of rotatable bonds is 3. The summed E-state index contributed by atoms with van der Waals surface area (Å²) in [5.74, 6) is 8.07. The van der Waals surface area contributed by atoms with Crippen LogP contribution in [-0.4, -0.2) is 13.3 Å². The van der Waals surface area contributed by atoms with Gasteiger partial charge in [-0.15, -0.1) is 0 Å². The van der Waals surface area contributed by atoms with Gasteiger partial charge in [-0.25, -0.2) is 0 Å². The molecule has 6 rings (SSSR count). The van der Waals surface area contributed by atoms with E-state index in [9.17, 15) is 0 Å². The number of fused-ring (bicyclic) bond motifs is 5. The van der Waals surface area contributed by atoms with E-state index in [1.807, 2.05) is 11.8 Å². The van der Waals surface area contributed by atoms with Crippen LogP contribution >= 0.6 is 11.8 Å². The zero-order valence-electron chi connectivity index (χ0n) is 25.3. The maximum absolute atomic E-state index is 2.54. The Bertz CT molecular complexity index is 1820. The Labute approximate surface area is 241 Å². The molecule has 0 unspecified atom stereocenters. The molecule has 0 radical (unpaired) electrons. The molecule has 0 spiro atoms. The molecule has 2 heterocycles. The summed E-state index contributed by atoms with van der Waals surface area (Å²) < 4.78 is 3.99. The fraction of sp³-hybridized carbons (Fsp3) is 0.361. The average molecular weight is 593 g/mol. The van der Waals surface area contributed by atoms with E-state index in [4.69, 9.17) is 0 Å². The minimum atomic E-state index is -2.08. The molecule has 0 saturated carbocycles. The Kier molecular flexibility index (Phi) is 6.28. The molecular weight excluding hydrogens is 551 g/mol. The Hall–Kier alpha value is -2.30. The zero-order chi connectivity index (χ0) is 28.0. The summed E-state index contributed by atoms with van der Waals surface area (Å²) in [5.41, 5.74) is 7.37. The number of nitrogens with zero attached hydrogens (tertiary/aromatic N) is 1. The van der Waals surface area contributed by atoms with Crippen molar-refractivity contribution in [3.05, 3.63) is 71.4 Å². The van der Waals surface area contributed by atoms with E-state index in [1.165, 1.54) is 70.1 Å². The number of aromatic nitrogens is 1. The van der Waals surface area contributed by atoms with Crippen molar-refractivity contribution in [2.45, 2.75) is 80.9 Å². The van der Waals surface area contributed by atoms with Crippen molar-refractivity contribution in [3.8, 4) is 11.3 Å². The van der Waals surface area contributed by atoms with Gasteiger partial charge in [0.1, 0.15) is 0 Å². The molecule has 0 amide bonds. The van der Waals surface area contributed by atoms with Crippen LogP contribution in [0.5, 0.6) is 0 Å². The second-order valence-electron chi connectivity index (χ2n) is 14.2. The Morgan fingerprint density at radius 2 is 1.62 bits per heavy atom. The fourth-order valence-electron chi connectivity index (χ4n) is 6.60. The summed E-state index contributed by atoms with van der Waals surface area (Å²) in [7, 11) is 2.24. The van der Waals surface area contributed by atoms with Gasteiger partial charge in [0, 0.05) is 0 Å². The Morgan fingerprint density at radius 3 is 2.28 bits per heavy atom. The molecule has 0 aliphatic carbocycles. The first-order valence-electron chi connectivity index (χ1n) is 14.4. The van der Waals surface area contributed by atoms with E-state index in [2.05, 4.69) is 125 Å². The first-order valence-corrected chi connectivity index (χ1v) is 22.6. The second kappa shape index (κ2) is 9.11. The maximum atomic E-state index is 2.54. The van der Waals surface area contributed by atoms with E-state index in [1.54, 1.807) is 4.40 Å². The van der Waals surface area contributed by atoms with E-state index in [-0.39, 0.29) is 5.41 Å². The molecule has 0 N–H and O–H groups in total. The van der Waals surface area contributed by atoms with Crippen molar-refractivity contribution in [1.29, 1.82) is 0 Å². The molecule has 0 saturated heterocycles. The third-order valence-electron chi connectivity index (χ3n) is 8.52. The van der Waals surface area contributed by atoms with Crippen molar-refractivity contribution in [1.82, 2.24) is 0 Å². The summed E-state index contributed by atoms with van der Waals surface area (Å²) in [6, 6.07) is 19.2. The van der Waals surface area contributed by atoms with Gasteiger partial charge in [0.25, 0.3) is 0 Å². The van der Waals surface area contributed by atoms with Crippen LogP contribution < -0.4 is 8.96 Å². The zero-order valence-corrected chi connectivity index (χ0v) is 28.3. The molecule has 5 aromatic rings. The SMILES string of the molecule is Cc1c2c(c(CC(C)(C)C)c3ccc(C(C)C)cc13)Sc1cc3[c]([Ge]([CH3])([CH3])[CH3])cccc3c3cc[n+](C)c-2c13. The van der Waals surface area contributed by atoms with E-state index in [0.717, 1.165) is 6.42 Å². The van der Waals surface area contributed by atoms with Gasteiger partial charge in [0.05, 0.1) is 0 Å². The number of benzene rings is 4.